The van der Waals surface area contributed by atoms with Gasteiger partial charge in [0.05, 0.1) is 5.25 Å². The van der Waals surface area contributed by atoms with Gasteiger partial charge in [-0.3, -0.25) is 0 Å². The molecule has 1 aromatic rings. The van der Waals surface area contributed by atoms with Crippen LogP contribution in [0, 0.1) is 0 Å². The molecule has 0 bridgehead atoms. The Kier molecular flexibility index (Phi) is 2.31. The normalized spacial score (nSPS) is 26.9. The van der Waals surface area contributed by atoms with Crippen molar-refractivity contribution in [1.82, 2.24) is 0 Å². The lowest BCUT2D eigenvalue weighted by molar-refractivity contribution is 0.394. The summed E-state index contributed by atoms with van der Waals surface area (Å²) in [6, 6.07) is 9.25. The van der Waals surface area contributed by atoms with E-state index in [1.54, 1.807) is 0 Å². The minimum absolute atomic E-state index is 0.147. The SMILES string of the molecule is O=S(=O)(F)[C@@H]1CC[C@H]1c1ccccc1. The Labute approximate surface area is 83.0 Å². The Morgan fingerprint density at radius 3 is 2.21 bits per heavy atom. The van der Waals surface area contributed by atoms with Gasteiger partial charge in [-0.25, -0.2) is 0 Å². The van der Waals surface area contributed by atoms with E-state index in [1.165, 1.54) is 0 Å². The van der Waals surface area contributed by atoms with Crippen LogP contribution < -0.4 is 0 Å². The van der Waals surface area contributed by atoms with Crippen LogP contribution in [0.3, 0.4) is 0 Å². The van der Waals surface area contributed by atoms with Crippen molar-refractivity contribution in [1.29, 1.82) is 0 Å². The average Bonchev–Trinajstić information content (AvgIpc) is 2.00. The second-order valence-corrected chi connectivity index (χ2v) is 5.17. The highest BCUT2D eigenvalue weighted by atomic mass is 32.3. The van der Waals surface area contributed by atoms with Gasteiger partial charge in [0, 0.05) is 5.92 Å². The van der Waals surface area contributed by atoms with Crippen molar-refractivity contribution in [2.45, 2.75) is 24.0 Å². The lowest BCUT2D eigenvalue weighted by Gasteiger charge is -2.33. The number of rotatable bonds is 2. The Morgan fingerprint density at radius 2 is 1.79 bits per heavy atom. The molecular formula is C10H11FO2S. The summed E-state index contributed by atoms with van der Waals surface area (Å²) in [5.74, 6) is -0.147. The van der Waals surface area contributed by atoms with Gasteiger partial charge in [0.2, 0.25) is 0 Å². The van der Waals surface area contributed by atoms with Gasteiger partial charge in [-0.05, 0) is 18.4 Å². The van der Waals surface area contributed by atoms with E-state index in [2.05, 4.69) is 0 Å². The molecule has 1 aliphatic carbocycles. The number of hydrogen-bond acceptors (Lipinski definition) is 2. The molecule has 0 spiro atoms. The molecule has 1 aromatic carbocycles. The summed E-state index contributed by atoms with van der Waals surface area (Å²) in [6.45, 7) is 0. The zero-order valence-corrected chi connectivity index (χ0v) is 8.37. The van der Waals surface area contributed by atoms with E-state index >= 15 is 0 Å². The van der Waals surface area contributed by atoms with E-state index in [4.69, 9.17) is 0 Å². The Morgan fingerprint density at radius 1 is 1.14 bits per heavy atom. The summed E-state index contributed by atoms with van der Waals surface area (Å²) in [4.78, 5) is 0. The molecule has 2 nitrogen and oxygen atoms in total. The molecule has 2 atom stereocenters. The van der Waals surface area contributed by atoms with E-state index < -0.39 is 15.5 Å². The summed E-state index contributed by atoms with van der Waals surface area (Å²) in [7, 11) is -4.36. The molecule has 1 saturated carbocycles. The highest BCUT2D eigenvalue weighted by Crippen LogP contribution is 2.41. The molecule has 1 aliphatic rings. The van der Waals surface area contributed by atoms with Crippen molar-refractivity contribution in [3.05, 3.63) is 35.9 Å². The van der Waals surface area contributed by atoms with Crippen LogP contribution in [-0.4, -0.2) is 13.7 Å². The van der Waals surface area contributed by atoms with E-state index in [0.717, 1.165) is 12.0 Å². The summed E-state index contributed by atoms with van der Waals surface area (Å²) in [5.41, 5.74) is 0.921. The van der Waals surface area contributed by atoms with Crippen molar-refractivity contribution < 1.29 is 12.3 Å². The molecule has 0 heterocycles. The fourth-order valence-electron chi connectivity index (χ4n) is 1.89. The minimum Gasteiger partial charge on any atom is -0.195 e. The smallest absolute Gasteiger partial charge is 0.195 e. The van der Waals surface area contributed by atoms with E-state index in [1.807, 2.05) is 30.3 Å². The predicted molar refractivity (Wildman–Crippen MR) is 52.2 cm³/mol. The molecule has 2 rings (SSSR count). The third-order valence-electron chi connectivity index (χ3n) is 2.80. The molecule has 0 aliphatic heterocycles. The maximum atomic E-state index is 12.7. The van der Waals surface area contributed by atoms with E-state index in [-0.39, 0.29) is 5.92 Å². The lowest BCUT2D eigenvalue weighted by Crippen LogP contribution is -2.34. The number of hydrogen-bond donors (Lipinski definition) is 0. The maximum absolute atomic E-state index is 12.7. The molecule has 0 N–H and O–H groups in total. The van der Waals surface area contributed by atoms with Crippen molar-refractivity contribution >= 4 is 10.2 Å². The quantitative estimate of drug-likeness (QED) is 0.707. The number of benzene rings is 1. The molecular weight excluding hydrogens is 203 g/mol. The van der Waals surface area contributed by atoms with Crippen LogP contribution in [0.4, 0.5) is 3.89 Å². The lowest BCUT2D eigenvalue weighted by atomic mass is 9.79. The standard InChI is InChI=1S/C10H11FO2S/c11-14(12,13)10-7-6-9(10)8-4-2-1-3-5-8/h1-5,9-10H,6-7H2/t9-,10+/m0/s1. The Balaban J connectivity index is 2.23. The van der Waals surface area contributed by atoms with Gasteiger partial charge in [0.25, 0.3) is 0 Å². The van der Waals surface area contributed by atoms with Gasteiger partial charge in [0.15, 0.2) is 0 Å². The molecule has 14 heavy (non-hydrogen) atoms. The summed E-state index contributed by atoms with van der Waals surface area (Å²) >= 11 is 0. The largest absolute Gasteiger partial charge is 0.305 e. The van der Waals surface area contributed by atoms with Crippen molar-refractivity contribution in [2.75, 3.05) is 0 Å². The van der Waals surface area contributed by atoms with Crippen LogP contribution in [-0.2, 0) is 10.2 Å². The molecule has 0 saturated heterocycles. The highest BCUT2D eigenvalue weighted by molar-refractivity contribution is 7.87. The van der Waals surface area contributed by atoms with Gasteiger partial charge in [-0.2, -0.15) is 8.42 Å². The Hall–Kier alpha value is -0.900. The van der Waals surface area contributed by atoms with Crippen LogP contribution in [0.2, 0.25) is 0 Å². The van der Waals surface area contributed by atoms with Crippen LogP contribution in [0.5, 0.6) is 0 Å². The van der Waals surface area contributed by atoms with Crippen molar-refractivity contribution in [3.8, 4) is 0 Å². The van der Waals surface area contributed by atoms with E-state index in [9.17, 15) is 12.3 Å². The second kappa shape index (κ2) is 3.35. The summed E-state index contributed by atoms with van der Waals surface area (Å²) < 4.78 is 34.2. The maximum Gasteiger partial charge on any atom is 0.305 e. The monoisotopic (exact) mass is 214 g/mol. The topological polar surface area (TPSA) is 34.1 Å². The first-order chi connectivity index (χ1) is 6.59. The van der Waals surface area contributed by atoms with Crippen molar-refractivity contribution in [2.24, 2.45) is 0 Å². The zero-order valence-electron chi connectivity index (χ0n) is 7.56. The molecule has 1 fully saturated rings. The first-order valence-corrected chi connectivity index (χ1v) is 6.02. The fourth-order valence-corrected chi connectivity index (χ4v) is 2.99. The van der Waals surface area contributed by atoms with Crippen LogP contribution in [0.1, 0.15) is 24.3 Å². The fraction of sp³-hybridized carbons (Fsp3) is 0.400. The third-order valence-corrected chi connectivity index (χ3v) is 4.09. The average molecular weight is 214 g/mol. The number of halogens is 1. The summed E-state index contributed by atoms with van der Waals surface area (Å²) in [5, 5.41) is -0.815. The zero-order chi connectivity index (χ0) is 10.2. The van der Waals surface area contributed by atoms with Gasteiger partial charge in [-0.15, -0.1) is 3.89 Å². The Bertz CT molecular complexity index is 413. The first kappa shape index (κ1) is 9.65. The highest BCUT2D eigenvalue weighted by Gasteiger charge is 2.41. The van der Waals surface area contributed by atoms with Crippen LogP contribution in [0.15, 0.2) is 30.3 Å². The van der Waals surface area contributed by atoms with Crippen molar-refractivity contribution in [3.63, 3.8) is 0 Å². The second-order valence-electron chi connectivity index (χ2n) is 3.61. The van der Waals surface area contributed by atoms with Crippen LogP contribution in [0.25, 0.3) is 0 Å². The minimum atomic E-state index is -4.36. The molecule has 0 unspecified atom stereocenters. The van der Waals surface area contributed by atoms with Gasteiger partial charge < -0.3 is 0 Å². The van der Waals surface area contributed by atoms with Gasteiger partial charge in [-0.1, -0.05) is 30.3 Å². The summed E-state index contributed by atoms with van der Waals surface area (Å²) in [6.07, 6.45) is 1.20. The first-order valence-electron chi connectivity index (χ1n) is 4.57. The molecule has 0 amide bonds. The van der Waals surface area contributed by atoms with E-state index in [0.29, 0.717) is 6.42 Å². The predicted octanol–water partition coefficient (Wildman–Crippen LogP) is 2.23. The molecule has 0 aromatic heterocycles. The third kappa shape index (κ3) is 1.66. The molecule has 76 valence electrons. The molecule has 4 heteroatoms. The van der Waals surface area contributed by atoms with Crippen LogP contribution >= 0.6 is 0 Å². The van der Waals surface area contributed by atoms with Gasteiger partial charge in [0.1, 0.15) is 0 Å². The van der Waals surface area contributed by atoms with Gasteiger partial charge >= 0.3 is 10.2 Å². The molecule has 0 radical (unpaired) electrons.